The quantitative estimate of drug-likeness (QED) is 0.364. The number of aryl methyl sites for hydroxylation is 1. The Bertz CT molecular complexity index is 1290. The van der Waals surface area contributed by atoms with Crippen molar-refractivity contribution < 1.29 is 9.59 Å². The molecule has 0 saturated carbocycles. The van der Waals surface area contributed by atoms with Crippen LogP contribution in [0, 0.1) is 0 Å². The van der Waals surface area contributed by atoms with Gasteiger partial charge in [0.1, 0.15) is 6.33 Å². The molecule has 33 heavy (non-hydrogen) atoms. The number of tetrazole rings is 1. The van der Waals surface area contributed by atoms with E-state index in [-0.39, 0.29) is 17.6 Å². The highest BCUT2D eigenvalue weighted by molar-refractivity contribution is 7.99. The van der Waals surface area contributed by atoms with Gasteiger partial charge in [0.15, 0.2) is 5.16 Å². The fraction of sp³-hybridized carbons (Fsp3) is 0.150. The van der Waals surface area contributed by atoms with Crippen LogP contribution in [-0.4, -0.2) is 58.8 Å². The minimum Gasteiger partial charge on any atom is -0.325 e. The molecule has 0 radical (unpaired) electrons. The molecule has 0 aliphatic carbocycles. The molecule has 168 valence electrons. The van der Waals surface area contributed by atoms with E-state index in [4.69, 9.17) is 0 Å². The molecule has 4 rings (SSSR count). The zero-order valence-corrected chi connectivity index (χ0v) is 19.3. The van der Waals surface area contributed by atoms with Gasteiger partial charge in [-0.25, -0.2) is 0 Å². The smallest absolute Gasteiger partial charge is 0.255 e. The fourth-order valence-electron chi connectivity index (χ4n) is 2.86. The van der Waals surface area contributed by atoms with Crippen LogP contribution in [0.1, 0.15) is 10.4 Å². The molecule has 0 saturated heterocycles. The molecular formula is C20H19N9O2S2. The molecule has 0 unspecified atom stereocenters. The first-order chi connectivity index (χ1) is 16.0. The summed E-state index contributed by atoms with van der Waals surface area (Å²) in [6.45, 7) is 0. The van der Waals surface area contributed by atoms with Crippen LogP contribution in [0.3, 0.4) is 0 Å². The second kappa shape index (κ2) is 10.3. The van der Waals surface area contributed by atoms with Crippen LogP contribution in [0.2, 0.25) is 0 Å². The van der Waals surface area contributed by atoms with Crippen LogP contribution in [-0.2, 0) is 11.8 Å². The van der Waals surface area contributed by atoms with Gasteiger partial charge < -0.3 is 15.2 Å². The van der Waals surface area contributed by atoms with E-state index >= 15 is 0 Å². The first-order valence-corrected chi connectivity index (χ1v) is 11.9. The molecule has 0 spiro atoms. The molecule has 2 N–H and O–H groups in total. The average Bonchev–Trinajstić information content (AvgIpc) is 3.46. The van der Waals surface area contributed by atoms with Gasteiger partial charge in [-0.2, -0.15) is 4.68 Å². The van der Waals surface area contributed by atoms with Crippen LogP contribution in [0.15, 0.2) is 65.2 Å². The summed E-state index contributed by atoms with van der Waals surface area (Å²) in [5, 5.41) is 26.3. The number of carbonyl (C=O) groups excluding carboxylic acids is 2. The van der Waals surface area contributed by atoms with Gasteiger partial charge in [-0.15, -0.1) is 15.3 Å². The molecule has 0 aliphatic rings. The molecule has 2 heterocycles. The van der Waals surface area contributed by atoms with E-state index in [0.717, 1.165) is 5.69 Å². The molecule has 2 aromatic carbocycles. The van der Waals surface area contributed by atoms with Gasteiger partial charge in [0.2, 0.25) is 11.1 Å². The molecule has 0 atom stereocenters. The van der Waals surface area contributed by atoms with Gasteiger partial charge in [-0.3, -0.25) is 9.59 Å². The largest absolute Gasteiger partial charge is 0.325 e. The highest BCUT2D eigenvalue weighted by Crippen LogP contribution is 2.20. The minimum absolute atomic E-state index is 0.172. The van der Waals surface area contributed by atoms with Crippen molar-refractivity contribution in [3.8, 4) is 5.69 Å². The number of nitrogens with one attached hydrogen (secondary N) is 2. The van der Waals surface area contributed by atoms with Gasteiger partial charge >= 0.3 is 0 Å². The summed E-state index contributed by atoms with van der Waals surface area (Å²) in [6, 6.07) is 14.0. The highest BCUT2D eigenvalue weighted by Gasteiger charge is 2.12. The lowest BCUT2D eigenvalue weighted by Crippen LogP contribution is -2.16. The Hall–Kier alpha value is -3.71. The maximum Gasteiger partial charge on any atom is 0.255 e. The number of amides is 2. The third-order valence-electron chi connectivity index (χ3n) is 4.38. The lowest BCUT2D eigenvalue weighted by molar-refractivity contribution is -0.113. The Morgan fingerprint density at radius 2 is 1.79 bits per heavy atom. The lowest BCUT2D eigenvalue weighted by Gasteiger charge is -2.10. The van der Waals surface area contributed by atoms with Crippen LogP contribution in [0.4, 0.5) is 11.4 Å². The summed E-state index contributed by atoms with van der Waals surface area (Å²) >= 11 is 2.70. The number of rotatable bonds is 8. The van der Waals surface area contributed by atoms with E-state index < -0.39 is 0 Å². The predicted molar refractivity (Wildman–Crippen MR) is 126 cm³/mol. The SMILES string of the molecule is CSc1nnnn1-c1cccc(NC(=O)c2cccc(NC(=O)CSc3nncn3C)c2)c1. The van der Waals surface area contributed by atoms with Crippen molar-refractivity contribution in [2.45, 2.75) is 10.3 Å². The summed E-state index contributed by atoms with van der Waals surface area (Å²) in [6.07, 6.45) is 3.45. The minimum atomic E-state index is -0.307. The van der Waals surface area contributed by atoms with Crippen molar-refractivity contribution in [2.75, 3.05) is 22.6 Å². The monoisotopic (exact) mass is 481 g/mol. The van der Waals surface area contributed by atoms with E-state index in [1.807, 2.05) is 25.4 Å². The Balaban J connectivity index is 1.40. The van der Waals surface area contributed by atoms with Gasteiger partial charge in [0, 0.05) is 24.0 Å². The first-order valence-electron chi connectivity index (χ1n) is 9.64. The van der Waals surface area contributed by atoms with Crippen LogP contribution < -0.4 is 10.6 Å². The second-order valence-corrected chi connectivity index (χ2v) is 8.44. The van der Waals surface area contributed by atoms with E-state index in [0.29, 0.717) is 27.3 Å². The van der Waals surface area contributed by atoms with Crippen molar-refractivity contribution in [1.29, 1.82) is 0 Å². The molecule has 0 bridgehead atoms. The molecule has 2 amide bonds. The Kier molecular flexibility index (Phi) is 7.00. The van der Waals surface area contributed by atoms with Gasteiger partial charge in [-0.05, 0) is 53.1 Å². The fourth-order valence-corrected chi connectivity index (χ4v) is 3.98. The summed E-state index contributed by atoms with van der Waals surface area (Å²) in [4.78, 5) is 25.1. The number of anilines is 2. The van der Waals surface area contributed by atoms with Crippen LogP contribution in [0.25, 0.3) is 5.69 Å². The second-order valence-electron chi connectivity index (χ2n) is 6.72. The van der Waals surface area contributed by atoms with Crippen LogP contribution >= 0.6 is 23.5 Å². The van der Waals surface area contributed by atoms with E-state index in [1.165, 1.54) is 23.5 Å². The Labute approximate surface area is 197 Å². The number of nitrogens with zero attached hydrogens (tertiary/aromatic N) is 7. The van der Waals surface area contributed by atoms with Gasteiger partial charge in [0.25, 0.3) is 5.91 Å². The average molecular weight is 482 g/mol. The summed E-state index contributed by atoms with van der Waals surface area (Å²) in [7, 11) is 1.81. The van der Waals surface area contributed by atoms with Gasteiger partial charge in [-0.1, -0.05) is 35.7 Å². The molecule has 2 aromatic heterocycles. The third-order valence-corrected chi connectivity index (χ3v) is 6.04. The molecule has 11 nitrogen and oxygen atoms in total. The summed E-state index contributed by atoms with van der Waals surface area (Å²) < 4.78 is 3.33. The van der Waals surface area contributed by atoms with Crippen molar-refractivity contribution in [3.63, 3.8) is 0 Å². The number of aromatic nitrogens is 7. The lowest BCUT2D eigenvalue weighted by atomic mass is 10.1. The summed E-state index contributed by atoms with van der Waals surface area (Å²) in [5.41, 5.74) is 2.25. The third kappa shape index (κ3) is 5.56. The topological polar surface area (TPSA) is 133 Å². The number of hydrogen-bond acceptors (Lipinski definition) is 9. The van der Waals surface area contributed by atoms with E-state index in [2.05, 4.69) is 36.4 Å². The predicted octanol–water partition coefficient (Wildman–Crippen LogP) is 2.50. The first kappa shape index (κ1) is 22.5. The zero-order valence-electron chi connectivity index (χ0n) is 17.7. The molecule has 0 aliphatic heterocycles. The zero-order chi connectivity index (χ0) is 23.2. The maximum atomic E-state index is 12.8. The number of thioether (sulfide) groups is 2. The standard InChI is InChI=1S/C20H19N9O2S2/c1-28-12-21-24-19(28)33-11-17(30)22-14-6-3-5-13(9-14)18(31)23-15-7-4-8-16(10-15)29-20(32-2)25-26-27-29/h3-10,12H,11H2,1-2H3,(H,22,30)(H,23,31). The number of hydrogen-bond donors (Lipinski definition) is 2. The van der Waals surface area contributed by atoms with E-state index in [9.17, 15) is 9.59 Å². The molecular weight excluding hydrogens is 462 g/mol. The van der Waals surface area contributed by atoms with E-state index in [1.54, 1.807) is 52.0 Å². The molecule has 13 heteroatoms. The summed E-state index contributed by atoms with van der Waals surface area (Å²) in [5.74, 6) is -0.344. The van der Waals surface area contributed by atoms with Crippen molar-refractivity contribution in [3.05, 3.63) is 60.4 Å². The molecule has 0 fully saturated rings. The van der Waals surface area contributed by atoms with Crippen molar-refractivity contribution in [1.82, 2.24) is 35.0 Å². The van der Waals surface area contributed by atoms with Crippen molar-refractivity contribution >= 4 is 46.7 Å². The van der Waals surface area contributed by atoms with Crippen LogP contribution in [0.5, 0.6) is 0 Å². The maximum absolute atomic E-state index is 12.8. The Morgan fingerprint density at radius 3 is 2.55 bits per heavy atom. The Morgan fingerprint density at radius 1 is 1.00 bits per heavy atom. The number of benzene rings is 2. The van der Waals surface area contributed by atoms with Crippen molar-refractivity contribution in [2.24, 2.45) is 7.05 Å². The van der Waals surface area contributed by atoms with Gasteiger partial charge in [0.05, 0.1) is 11.4 Å². The molecule has 4 aromatic rings. The normalized spacial score (nSPS) is 10.7. The number of carbonyl (C=O) groups is 2. The highest BCUT2D eigenvalue weighted by atomic mass is 32.2.